The molecule has 0 aliphatic rings. The summed E-state index contributed by atoms with van der Waals surface area (Å²) < 4.78 is 14.3. The van der Waals surface area contributed by atoms with Crippen molar-refractivity contribution in [1.82, 2.24) is 0 Å². The second-order valence-corrected chi connectivity index (χ2v) is 8.79. The summed E-state index contributed by atoms with van der Waals surface area (Å²) >= 11 is 0. The van der Waals surface area contributed by atoms with E-state index in [0.29, 0.717) is 0 Å². The van der Waals surface area contributed by atoms with E-state index in [9.17, 15) is 4.39 Å². The maximum absolute atomic E-state index is 14.3. The Bertz CT molecular complexity index is 1020. The number of anilines is 2. The fraction of sp³-hybridized carbons (Fsp3) is 0.0400. The van der Waals surface area contributed by atoms with E-state index in [2.05, 4.69) is 48.6 Å². The van der Waals surface area contributed by atoms with Crippen LogP contribution in [-0.2, 0) is 0 Å². The van der Waals surface area contributed by atoms with Crippen LogP contribution in [0.25, 0.3) is 0 Å². The van der Waals surface area contributed by atoms with Crippen molar-refractivity contribution in [1.29, 1.82) is 0 Å². The van der Waals surface area contributed by atoms with Crippen molar-refractivity contribution in [2.45, 2.75) is 6.92 Å². The zero-order valence-corrected chi connectivity index (χ0v) is 16.5. The van der Waals surface area contributed by atoms with Gasteiger partial charge < -0.3 is 5.32 Å². The van der Waals surface area contributed by atoms with Gasteiger partial charge in [-0.15, -0.1) is 0 Å². The van der Waals surface area contributed by atoms with Crippen molar-refractivity contribution in [2.75, 3.05) is 5.32 Å². The molecule has 4 aromatic carbocycles. The van der Waals surface area contributed by atoms with Gasteiger partial charge in [0.2, 0.25) is 0 Å². The summed E-state index contributed by atoms with van der Waals surface area (Å²) in [5, 5.41) is 6.91. The molecular formula is C25H21FNP. The summed E-state index contributed by atoms with van der Waals surface area (Å²) in [6.07, 6.45) is 0. The molecule has 0 bridgehead atoms. The average Bonchev–Trinajstić information content (AvgIpc) is 2.73. The van der Waals surface area contributed by atoms with E-state index in [1.165, 1.54) is 16.7 Å². The zero-order valence-electron chi connectivity index (χ0n) is 15.6. The smallest absolute Gasteiger partial charge is 0.124 e. The summed E-state index contributed by atoms with van der Waals surface area (Å²) in [4.78, 5) is 0. The fourth-order valence-electron chi connectivity index (χ4n) is 3.24. The lowest BCUT2D eigenvalue weighted by Crippen LogP contribution is -2.23. The molecule has 28 heavy (non-hydrogen) atoms. The lowest BCUT2D eigenvalue weighted by molar-refractivity contribution is 0.629. The first-order valence-electron chi connectivity index (χ1n) is 9.25. The predicted octanol–water partition coefficient (Wildman–Crippen LogP) is 5.64. The average molecular weight is 385 g/mol. The van der Waals surface area contributed by atoms with Crippen LogP contribution in [0.15, 0.2) is 103 Å². The van der Waals surface area contributed by atoms with Gasteiger partial charge in [0.05, 0.1) is 0 Å². The van der Waals surface area contributed by atoms with Gasteiger partial charge in [0.1, 0.15) is 5.82 Å². The molecule has 0 aliphatic heterocycles. The van der Waals surface area contributed by atoms with Crippen molar-refractivity contribution < 1.29 is 4.39 Å². The molecule has 1 nitrogen and oxygen atoms in total. The molecule has 0 atom stereocenters. The highest BCUT2D eigenvalue weighted by atomic mass is 31.1. The van der Waals surface area contributed by atoms with Crippen LogP contribution in [0.1, 0.15) is 5.56 Å². The Labute approximate surface area is 166 Å². The number of hydrogen-bond donors (Lipinski definition) is 1. The van der Waals surface area contributed by atoms with Crippen LogP contribution >= 0.6 is 7.92 Å². The van der Waals surface area contributed by atoms with Crippen LogP contribution in [0.5, 0.6) is 0 Å². The van der Waals surface area contributed by atoms with E-state index in [-0.39, 0.29) is 5.82 Å². The van der Waals surface area contributed by atoms with E-state index in [1.54, 1.807) is 6.07 Å². The van der Waals surface area contributed by atoms with Gasteiger partial charge in [0.15, 0.2) is 0 Å². The molecule has 138 valence electrons. The van der Waals surface area contributed by atoms with E-state index in [1.807, 2.05) is 54.6 Å². The molecule has 0 fully saturated rings. The van der Waals surface area contributed by atoms with Crippen molar-refractivity contribution in [3.8, 4) is 0 Å². The molecule has 3 heteroatoms. The number of benzene rings is 4. The molecule has 1 N–H and O–H groups in total. The lowest BCUT2D eigenvalue weighted by Gasteiger charge is -2.23. The Kier molecular flexibility index (Phi) is 5.50. The first kappa shape index (κ1) is 18.4. The topological polar surface area (TPSA) is 12.0 Å². The summed E-state index contributed by atoms with van der Waals surface area (Å²) in [5.74, 6) is -0.218. The van der Waals surface area contributed by atoms with E-state index in [4.69, 9.17) is 0 Å². The number of nitrogens with one attached hydrogen (secondary N) is 1. The van der Waals surface area contributed by atoms with Gasteiger partial charge >= 0.3 is 0 Å². The maximum atomic E-state index is 14.3. The third-order valence-electron chi connectivity index (χ3n) is 4.64. The van der Waals surface area contributed by atoms with Crippen molar-refractivity contribution in [3.05, 3.63) is 115 Å². The third-order valence-corrected chi connectivity index (χ3v) is 7.12. The molecule has 0 radical (unpaired) electrons. The SMILES string of the molecule is Cc1ccccc1Nc1ccc(F)cc1P(c1ccccc1)c1ccccc1. The number of hydrogen-bond acceptors (Lipinski definition) is 1. The monoisotopic (exact) mass is 385 g/mol. The summed E-state index contributed by atoms with van der Waals surface area (Å²) in [5.41, 5.74) is 3.13. The van der Waals surface area contributed by atoms with E-state index >= 15 is 0 Å². The predicted molar refractivity (Wildman–Crippen MR) is 120 cm³/mol. The minimum Gasteiger partial charge on any atom is -0.355 e. The molecule has 0 aromatic heterocycles. The largest absolute Gasteiger partial charge is 0.355 e. The molecule has 0 unspecified atom stereocenters. The summed E-state index contributed by atoms with van der Waals surface area (Å²) in [6, 6.07) is 33.9. The molecule has 0 aliphatic carbocycles. The maximum Gasteiger partial charge on any atom is 0.124 e. The Morgan fingerprint density at radius 2 is 1.21 bits per heavy atom. The Morgan fingerprint density at radius 3 is 1.82 bits per heavy atom. The molecular weight excluding hydrogens is 364 g/mol. The quantitative estimate of drug-likeness (QED) is 0.439. The Hall–Kier alpha value is -2.96. The standard InChI is InChI=1S/C25H21FNP/c1-19-10-8-9-15-23(19)27-24-17-16-20(26)18-25(24)28(21-11-4-2-5-12-21)22-13-6-3-7-14-22/h2-18,27H,1H3. The zero-order chi connectivity index (χ0) is 19.3. The lowest BCUT2D eigenvalue weighted by atomic mass is 10.2. The van der Waals surface area contributed by atoms with Crippen molar-refractivity contribution in [3.63, 3.8) is 0 Å². The van der Waals surface area contributed by atoms with Gasteiger partial charge in [-0.2, -0.15) is 0 Å². The molecule has 0 amide bonds. The Morgan fingerprint density at radius 1 is 0.643 bits per heavy atom. The summed E-state index contributed by atoms with van der Waals surface area (Å²) in [7, 11) is -0.891. The highest BCUT2D eigenvalue weighted by molar-refractivity contribution is 7.80. The van der Waals surface area contributed by atoms with Gasteiger partial charge in [-0.1, -0.05) is 78.9 Å². The molecule has 0 spiro atoms. The number of aryl methyl sites for hydroxylation is 1. The van der Waals surface area contributed by atoms with Gasteiger partial charge in [-0.05, 0) is 55.3 Å². The van der Waals surface area contributed by atoms with Crippen LogP contribution in [0.3, 0.4) is 0 Å². The first-order chi connectivity index (χ1) is 13.7. The van der Waals surface area contributed by atoms with Crippen molar-refractivity contribution in [2.24, 2.45) is 0 Å². The molecule has 0 heterocycles. The van der Waals surface area contributed by atoms with Crippen LogP contribution in [0.4, 0.5) is 15.8 Å². The molecule has 4 rings (SSSR count). The highest BCUT2D eigenvalue weighted by Gasteiger charge is 2.20. The normalized spacial score (nSPS) is 10.8. The second-order valence-electron chi connectivity index (χ2n) is 6.61. The molecule has 0 saturated heterocycles. The molecule has 4 aromatic rings. The number of rotatable bonds is 5. The van der Waals surface area contributed by atoms with E-state index in [0.717, 1.165) is 22.2 Å². The summed E-state index contributed by atoms with van der Waals surface area (Å²) in [6.45, 7) is 2.07. The van der Waals surface area contributed by atoms with Gasteiger partial charge in [-0.3, -0.25) is 0 Å². The van der Waals surface area contributed by atoms with E-state index < -0.39 is 7.92 Å². The number of para-hydroxylation sites is 1. The van der Waals surface area contributed by atoms with Crippen LogP contribution in [-0.4, -0.2) is 0 Å². The minimum absolute atomic E-state index is 0.218. The van der Waals surface area contributed by atoms with Gasteiger partial charge in [0, 0.05) is 16.7 Å². The third kappa shape index (κ3) is 3.98. The Balaban J connectivity index is 1.87. The first-order valence-corrected chi connectivity index (χ1v) is 10.6. The van der Waals surface area contributed by atoms with Crippen LogP contribution < -0.4 is 21.2 Å². The van der Waals surface area contributed by atoms with Crippen LogP contribution in [0.2, 0.25) is 0 Å². The number of halogens is 1. The minimum atomic E-state index is -0.891. The fourth-order valence-corrected chi connectivity index (χ4v) is 5.65. The van der Waals surface area contributed by atoms with Crippen LogP contribution in [0, 0.1) is 12.7 Å². The second kappa shape index (κ2) is 8.37. The van der Waals surface area contributed by atoms with Crippen molar-refractivity contribution >= 4 is 35.2 Å². The molecule has 0 saturated carbocycles. The van der Waals surface area contributed by atoms with Gasteiger partial charge in [0.25, 0.3) is 0 Å². The van der Waals surface area contributed by atoms with Gasteiger partial charge in [-0.25, -0.2) is 4.39 Å². The highest BCUT2D eigenvalue weighted by Crippen LogP contribution is 2.37.